The minimum atomic E-state index is -0.564. The fourth-order valence-corrected chi connectivity index (χ4v) is 2.80. The Morgan fingerprint density at radius 1 is 1.33 bits per heavy atom. The molecule has 1 aliphatic heterocycles. The minimum Gasteiger partial charge on any atom is -0.379 e. The molecular formula is C13H17BrF2N2. The molecule has 0 aliphatic carbocycles. The van der Waals surface area contributed by atoms with Crippen LogP contribution in [0, 0.1) is 11.6 Å². The molecule has 18 heavy (non-hydrogen) atoms. The van der Waals surface area contributed by atoms with Gasteiger partial charge in [0, 0.05) is 29.7 Å². The molecule has 1 fully saturated rings. The van der Waals surface area contributed by atoms with Crippen LogP contribution in [0.3, 0.4) is 0 Å². The second kappa shape index (κ2) is 5.97. The zero-order valence-electron chi connectivity index (χ0n) is 10.3. The van der Waals surface area contributed by atoms with Gasteiger partial charge in [0.25, 0.3) is 0 Å². The molecule has 1 aromatic carbocycles. The van der Waals surface area contributed by atoms with Gasteiger partial charge in [-0.05, 0) is 41.4 Å². The average molecular weight is 319 g/mol. The summed E-state index contributed by atoms with van der Waals surface area (Å²) in [6.07, 6.45) is 1.97. The van der Waals surface area contributed by atoms with E-state index in [9.17, 15) is 8.78 Å². The summed E-state index contributed by atoms with van der Waals surface area (Å²) < 4.78 is 27.1. The number of likely N-dealkylation sites (tertiary alicyclic amines) is 1. The van der Waals surface area contributed by atoms with Crippen LogP contribution in [0.4, 0.5) is 14.5 Å². The molecule has 2 rings (SSSR count). The zero-order valence-corrected chi connectivity index (χ0v) is 11.9. The van der Waals surface area contributed by atoms with E-state index < -0.39 is 11.6 Å². The van der Waals surface area contributed by atoms with Crippen molar-refractivity contribution >= 4 is 21.6 Å². The summed E-state index contributed by atoms with van der Waals surface area (Å²) in [5.74, 6) is -1.11. The van der Waals surface area contributed by atoms with Crippen LogP contribution >= 0.6 is 15.9 Å². The van der Waals surface area contributed by atoms with Crippen molar-refractivity contribution in [1.82, 2.24) is 4.90 Å². The number of hydrogen-bond donors (Lipinski definition) is 1. The van der Waals surface area contributed by atoms with Crippen LogP contribution in [0.5, 0.6) is 0 Å². The molecule has 1 aromatic rings. The van der Waals surface area contributed by atoms with Crippen LogP contribution in [0.1, 0.15) is 19.8 Å². The summed E-state index contributed by atoms with van der Waals surface area (Å²) in [6, 6.07) is 2.45. The van der Waals surface area contributed by atoms with Gasteiger partial charge < -0.3 is 10.2 Å². The fourth-order valence-electron chi connectivity index (χ4n) is 2.28. The van der Waals surface area contributed by atoms with Crippen molar-refractivity contribution < 1.29 is 8.78 Å². The first-order chi connectivity index (χ1) is 8.60. The van der Waals surface area contributed by atoms with Gasteiger partial charge in [-0.2, -0.15) is 0 Å². The van der Waals surface area contributed by atoms with Crippen molar-refractivity contribution in [1.29, 1.82) is 0 Å². The number of nitrogens with zero attached hydrogens (tertiary/aromatic N) is 1. The van der Waals surface area contributed by atoms with E-state index in [4.69, 9.17) is 0 Å². The second-order valence-corrected chi connectivity index (χ2v) is 5.45. The molecule has 0 amide bonds. The molecule has 1 aliphatic rings. The normalized spacial score (nSPS) is 18.0. The molecule has 0 atom stereocenters. The number of piperidine rings is 1. The Hall–Kier alpha value is -0.680. The molecule has 0 unspecified atom stereocenters. The van der Waals surface area contributed by atoms with Crippen LogP contribution in [0.25, 0.3) is 0 Å². The number of benzene rings is 1. The van der Waals surface area contributed by atoms with E-state index >= 15 is 0 Å². The Balaban J connectivity index is 2.02. The largest absolute Gasteiger partial charge is 0.379 e. The van der Waals surface area contributed by atoms with Gasteiger partial charge in [0.15, 0.2) is 0 Å². The molecule has 0 spiro atoms. The van der Waals surface area contributed by atoms with Gasteiger partial charge in [0.05, 0.1) is 5.69 Å². The molecule has 0 bridgehead atoms. The Morgan fingerprint density at radius 2 is 2.00 bits per heavy atom. The van der Waals surface area contributed by atoms with E-state index in [2.05, 4.69) is 33.1 Å². The quantitative estimate of drug-likeness (QED) is 0.915. The predicted molar refractivity (Wildman–Crippen MR) is 72.8 cm³/mol. The maximum absolute atomic E-state index is 13.7. The number of hydrogen-bond acceptors (Lipinski definition) is 2. The Kier molecular flexibility index (Phi) is 4.56. The molecule has 2 nitrogen and oxygen atoms in total. The monoisotopic (exact) mass is 318 g/mol. The Morgan fingerprint density at radius 3 is 2.56 bits per heavy atom. The van der Waals surface area contributed by atoms with Crippen molar-refractivity contribution in [3.05, 3.63) is 28.2 Å². The van der Waals surface area contributed by atoms with Gasteiger partial charge in [-0.3, -0.25) is 0 Å². The van der Waals surface area contributed by atoms with E-state index in [1.807, 2.05) is 0 Å². The molecule has 0 radical (unpaired) electrons. The minimum absolute atomic E-state index is 0.254. The van der Waals surface area contributed by atoms with Crippen molar-refractivity contribution in [3.8, 4) is 0 Å². The summed E-state index contributed by atoms with van der Waals surface area (Å²) >= 11 is 3.20. The van der Waals surface area contributed by atoms with Gasteiger partial charge in [-0.1, -0.05) is 6.92 Å². The third-order valence-corrected chi connectivity index (χ3v) is 4.02. The molecule has 0 saturated carbocycles. The highest BCUT2D eigenvalue weighted by molar-refractivity contribution is 9.10. The number of anilines is 1. The van der Waals surface area contributed by atoms with Crippen LogP contribution in [-0.2, 0) is 0 Å². The standard InChI is InChI=1S/C13H17BrF2N2/c1-2-18-5-3-10(4-6-18)17-13-11(14)7-9(15)8-12(13)16/h7-8,10,17H,2-6H2,1H3. The number of halogens is 3. The SMILES string of the molecule is CCN1CCC(Nc2c(F)cc(F)cc2Br)CC1. The molecule has 0 aromatic heterocycles. The van der Waals surface area contributed by atoms with Gasteiger partial charge in [0.1, 0.15) is 11.6 Å². The summed E-state index contributed by atoms with van der Waals surface area (Å²) in [5.41, 5.74) is 0.367. The first-order valence-corrected chi connectivity index (χ1v) is 7.03. The van der Waals surface area contributed by atoms with Gasteiger partial charge in [-0.15, -0.1) is 0 Å². The van der Waals surface area contributed by atoms with Gasteiger partial charge in [-0.25, -0.2) is 8.78 Å². The van der Waals surface area contributed by atoms with Crippen LogP contribution in [0.2, 0.25) is 0 Å². The summed E-state index contributed by atoms with van der Waals surface area (Å²) in [6.45, 7) is 5.24. The smallest absolute Gasteiger partial charge is 0.150 e. The Labute approximate surface area is 114 Å². The molecule has 1 heterocycles. The highest BCUT2D eigenvalue weighted by Gasteiger charge is 2.20. The lowest BCUT2D eigenvalue weighted by atomic mass is 10.0. The first-order valence-electron chi connectivity index (χ1n) is 6.23. The van der Waals surface area contributed by atoms with E-state index in [-0.39, 0.29) is 6.04 Å². The highest BCUT2D eigenvalue weighted by atomic mass is 79.9. The lowest BCUT2D eigenvalue weighted by molar-refractivity contribution is 0.229. The van der Waals surface area contributed by atoms with E-state index in [1.165, 1.54) is 6.07 Å². The maximum atomic E-state index is 13.7. The fraction of sp³-hybridized carbons (Fsp3) is 0.538. The first kappa shape index (κ1) is 13.7. The van der Waals surface area contributed by atoms with Crippen LogP contribution in [-0.4, -0.2) is 30.6 Å². The summed E-state index contributed by atoms with van der Waals surface area (Å²) in [5, 5.41) is 3.17. The second-order valence-electron chi connectivity index (χ2n) is 4.60. The number of nitrogens with one attached hydrogen (secondary N) is 1. The van der Waals surface area contributed by atoms with Crippen LogP contribution < -0.4 is 5.32 Å². The molecule has 1 N–H and O–H groups in total. The molecular weight excluding hydrogens is 302 g/mol. The summed E-state index contributed by atoms with van der Waals surface area (Å²) in [7, 11) is 0. The molecule has 5 heteroatoms. The zero-order chi connectivity index (χ0) is 13.1. The van der Waals surface area contributed by atoms with Crippen LogP contribution in [0.15, 0.2) is 16.6 Å². The van der Waals surface area contributed by atoms with Gasteiger partial charge >= 0.3 is 0 Å². The third-order valence-electron chi connectivity index (χ3n) is 3.39. The average Bonchev–Trinajstić information content (AvgIpc) is 2.34. The van der Waals surface area contributed by atoms with Crippen molar-refractivity contribution in [2.45, 2.75) is 25.8 Å². The predicted octanol–water partition coefficient (Wildman–Crippen LogP) is 3.62. The topological polar surface area (TPSA) is 15.3 Å². The molecule has 100 valence electrons. The maximum Gasteiger partial charge on any atom is 0.150 e. The highest BCUT2D eigenvalue weighted by Crippen LogP contribution is 2.28. The third kappa shape index (κ3) is 3.20. The lowest BCUT2D eigenvalue weighted by Gasteiger charge is -2.32. The van der Waals surface area contributed by atoms with Crippen molar-refractivity contribution in [2.24, 2.45) is 0 Å². The van der Waals surface area contributed by atoms with Gasteiger partial charge in [0.2, 0.25) is 0 Å². The number of rotatable bonds is 3. The van der Waals surface area contributed by atoms with Crippen molar-refractivity contribution in [3.63, 3.8) is 0 Å². The van der Waals surface area contributed by atoms with Crippen molar-refractivity contribution in [2.75, 3.05) is 25.0 Å². The summed E-state index contributed by atoms with van der Waals surface area (Å²) in [4.78, 5) is 2.37. The lowest BCUT2D eigenvalue weighted by Crippen LogP contribution is -2.39. The van der Waals surface area contributed by atoms with E-state index in [0.29, 0.717) is 10.2 Å². The Bertz CT molecular complexity index is 394. The van der Waals surface area contributed by atoms with E-state index in [0.717, 1.165) is 38.5 Å². The molecule has 1 saturated heterocycles. The van der Waals surface area contributed by atoms with E-state index in [1.54, 1.807) is 0 Å².